The third-order valence-electron chi connectivity index (χ3n) is 7.67. The number of allylic oxidation sites excluding steroid dienone is 4. The van der Waals surface area contributed by atoms with E-state index < -0.39 is 5.60 Å². The highest BCUT2D eigenvalue weighted by Gasteiger charge is 2.58. The number of esters is 1. The maximum Gasteiger partial charge on any atom is 0.331 e. The van der Waals surface area contributed by atoms with Gasteiger partial charge >= 0.3 is 5.97 Å². The van der Waals surface area contributed by atoms with E-state index in [0.717, 1.165) is 32.1 Å². The van der Waals surface area contributed by atoms with Gasteiger partial charge in [-0.25, -0.2) is 4.79 Å². The zero-order valence-electron chi connectivity index (χ0n) is 15.8. The Balaban J connectivity index is 1.81. The fraction of sp³-hybridized carbons (Fsp3) is 0.636. The highest BCUT2D eigenvalue weighted by molar-refractivity contribution is 5.89. The van der Waals surface area contributed by atoms with Gasteiger partial charge in [-0.05, 0) is 57.1 Å². The molecule has 3 heteroatoms. The minimum atomic E-state index is -0.503. The van der Waals surface area contributed by atoms with Crippen molar-refractivity contribution in [1.82, 2.24) is 0 Å². The first kappa shape index (κ1) is 16.8. The number of hydrogen-bond donors (Lipinski definition) is 0. The lowest BCUT2D eigenvalue weighted by molar-refractivity contribution is -0.153. The summed E-state index contributed by atoms with van der Waals surface area (Å²) in [6, 6.07) is 0. The number of rotatable bonds is 0. The Morgan fingerprint density at radius 1 is 0.960 bits per heavy atom. The average molecular weight is 340 g/mol. The van der Waals surface area contributed by atoms with Crippen LogP contribution in [0.15, 0.2) is 34.9 Å². The van der Waals surface area contributed by atoms with E-state index in [4.69, 9.17) is 4.74 Å². The maximum atomic E-state index is 12.6. The van der Waals surface area contributed by atoms with Crippen molar-refractivity contribution in [3.8, 4) is 0 Å². The molecule has 0 amide bonds. The van der Waals surface area contributed by atoms with E-state index in [0.29, 0.717) is 12.2 Å². The van der Waals surface area contributed by atoms with Gasteiger partial charge in [-0.2, -0.15) is 0 Å². The molecule has 0 radical (unpaired) electrons. The molecule has 4 rings (SSSR count). The summed E-state index contributed by atoms with van der Waals surface area (Å²) in [5.41, 5.74) is 3.39. The van der Waals surface area contributed by atoms with Crippen LogP contribution in [-0.2, 0) is 14.3 Å². The number of ether oxygens (including phenoxy) is 1. The van der Waals surface area contributed by atoms with Gasteiger partial charge in [-0.1, -0.05) is 31.6 Å². The molecular formula is C22H28O3. The monoisotopic (exact) mass is 340 g/mol. The Labute approximate surface area is 150 Å². The van der Waals surface area contributed by atoms with E-state index in [2.05, 4.69) is 19.9 Å². The van der Waals surface area contributed by atoms with Crippen LogP contribution in [0.1, 0.15) is 66.2 Å². The molecule has 134 valence electrons. The summed E-state index contributed by atoms with van der Waals surface area (Å²) >= 11 is 0. The van der Waals surface area contributed by atoms with Gasteiger partial charge in [0.1, 0.15) is 11.4 Å². The Kier molecular flexibility index (Phi) is 3.49. The quantitative estimate of drug-likeness (QED) is 0.601. The number of cyclic esters (lactones) is 1. The van der Waals surface area contributed by atoms with Gasteiger partial charge in [-0.15, -0.1) is 0 Å². The second-order valence-corrected chi connectivity index (χ2v) is 9.18. The Morgan fingerprint density at radius 3 is 2.44 bits per heavy atom. The summed E-state index contributed by atoms with van der Waals surface area (Å²) in [5, 5.41) is 0. The van der Waals surface area contributed by atoms with Crippen molar-refractivity contribution < 1.29 is 14.3 Å². The van der Waals surface area contributed by atoms with Crippen LogP contribution in [0.25, 0.3) is 0 Å². The van der Waals surface area contributed by atoms with Gasteiger partial charge in [0.25, 0.3) is 0 Å². The molecule has 25 heavy (non-hydrogen) atoms. The molecule has 1 aliphatic heterocycles. The van der Waals surface area contributed by atoms with E-state index in [1.165, 1.54) is 16.7 Å². The molecule has 3 unspecified atom stereocenters. The Bertz CT molecular complexity index is 751. The van der Waals surface area contributed by atoms with Crippen LogP contribution >= 0.6 is 0 Å². The molecule has 4 aliphatic rings. The molecule has 0 saturated heterocycles. The fourth-order valence-corrected chi connectivity index (χ4v) is 5.81. The van der Waals surface area contributed by atoms with Gasteiger partial charge in [-0.3, -0.25) is 4.79 Å². The molecule has 3 atom stereocenters. The molecule has 0 bridgehead atoms. The molecule has 0 aromatic rings. The van der Waals surface area contributed by atoms with Crippen LogP contribution < -0.4 is 0 Å². The SMILES string of the molecule is CC1(C)OC(=O)C=CC2=CC3=C(CCC21)C1(C)CCC(=O)C1(C)CC3. The zero-order chi connectivity index (χ0) is 18.0. The molecule has 0 N–H and O–H groups in total. The van der Waals surface area contributed by atoms with Crippen molar-refractivity contribution in [3.05, 3.63) is 34.9 Å². The van der Waals surface area contributed by atoms with Crippen LogP contribution in [-0.4, -0.2) is 17.4 Å². The number of ketones is 1. The second-order valence-electron chi connectivity index (χ2n) is 9.18. The molecule has 0 aromatic heterocycles. The summed E-state index contributed by atoms with van der Waals surface area (Å²) in [6.45, 7) is 8.54. The van der Waals surface area contributed by atoms with Crippen LogP contribution in [0.2, 0.25) is 0 Å². The van der Waals surface area contributed by atoms with Crippen molar-refractivity contribution in [3.63, 3.8) is 0 Å². The van der Waals surface area contributed by atoms with Crippen molar-refractivity contribution in [1.29, 1.82) is 0 Å². The zero-order valence-corrected chi connectivity index (χ0v) is 15.8. The van der Waals surface area contributed by atoms with Crippen LogP contribution in [0.5, 0.6) is 0 Å². The lowest BCUT2D eigenvalue weighted by Crippen LogP contribution is -2.42. The van der Waals surface area contributed by atoms with Gasteiger partial charge in [0.15, 0.2) is 0 Å². The van der Waals surface area contributed by atoms with Gasteiger partial charge in [0, 0.05) is 29.2 Å². The van der Waals surface area contributed by atoms with Crippen molar-refractivity contribution in [2.24, 2.45) is 16.7 Å². The summed E-state index contributed by atoms with van der Waals surface area (Å²) in [4.78, 5) is 24.5. The number of Topliss-reactive ketones (excluding diaryl/α,β-unsaturated/α-hetero) is 1. The van der Waals surface area contributed by atoms with E-state index in [1.54, 1.807) is 6.08 Å². The van der Waals surface area contributed by atoms with Crippen molar-refractivity contribution in [2.75, 3.05) is 0 Å². The summed E-state index contributed by atoms with van der Waals surface area (Å²) in [5.74, 6) is 0.396. The second kappa shape index (κ2) is 5.18. The molecule has 0 spiro atoms. The molecule has 0 aromatic carbocycles. The first-order chi connectivity index (χ1) is 11.7. The molecule has 1 saturated carbocycles. The van der Waals surface area contributed by atoms with E-state index in [1.807, 2.05) is 19.9 Å². The molecule has 3 aliphatic carbocycles. The lowest BCUT2D eigenvalue weighted by atomic mass is 9.56. The normalized spacial score (nSPS) is 39.7. The first-order valence-electron chi connectivity index (χ1n) is 9.56. The maximum absolute atomic E-state index is 12.6. The van der Waals surface area contributed by atoms with Gasteiger partial charge < -0.3 is 4.74 Å². The standard InChI is InChI=1S/C22H28O3/c1-20(2)16-6-7-17-15(13-14(16)5-8-19(24)25-20)9-11-22(4)18(23)10-12-21(17,22)3/h5,8,13,16H,6-7,9-12H2,1-4H3. The highest BCUT2D eigenvalue weighted by Crippen LogP contribution is 2.62. The summed E-state index contributed by atoms with van der Waals surface area (Å²) in [6.07, 6.45) is 11.4. The third-order valence-corrected chi connectivity index (χ3v) is 7.67. The van der Waals surface area contributed by atoms with E-state index >= 15 is 0 Å². The summed E-state index contributed by atoms with van der Waals surface area (Å²) in [7, 11) is 0. The summed E-state index contributed by atoms with van der Waals surface area (Å²) < 4.78 is 5.69. The number of fused-ring (bicyclic) bond motifs is 3. The number of carbonyl (C=O) groups is 2. The average Bonchev–Trinajstić information content (AvgIpc) is 2.69. The Hall–Kier alpha value is -1.64. The van der Waals surface area contributed by atoms with Crippen LogP contribution in [0.4, 0.5) is 0 Å². The van der Waals surface area contributed by atoms with Gasteiger partial charge in [0.05, 0.1) is 0 Å². The van der Waals surface area contributed by atoms with Crippen LogP contribution in [0.3, 0.4) is 0 Å². The fourth-order valence-electron chi connectivity index (χ4n) is 5.81. The number of carbonyl (C=O) groups excluding carboxylic acids is 2. The van der Waals surface area contributed by atoms with Crippen molar-refractivity contribution >= 4 is 11.8 Å². The third kappa shape index (κ3) is 2.24. The smallest absolute Gasteiger partial charge is 0.331 e. The molecule has 1 heterocycles. The van der Waals surface area contributed by atoms with Gasteiger partial charge in [0.2, 0.25) is 0 Å². The van der Waals surface area contributed by atoms with E-state index in [9.17, 15) is 9.59 Å². The number of hydrogen-bond acceptors (Lipinski definition) is 3. The van der Waals surface area contributed by atoms with Crippen LogP contribution in [0, 0.1) is 16.7 Å². The molecular weight excluding hydrogens is 312 g/mol. The largest absolute Gasteiger partial charge is 0.456 e. The predicted molar refractivity (Wildman–Crippen MR) is 96.8 cm³/mol. The highest BCUT2D eigenvalue weighted by atomic mass is 16.6. The predicted octanol–water partition coefficient (Wildman–Crippen LogP) is 4.68. The lowest BCUT2D eigenvalue weighted by Gasteiger charge is -2.46. The minimum absolute atomic E-state index is 0.0111. The minimum Gasteiger partial charge on any atom is -0.456 e. The Morgan fingerprint density at radius 2 is 1.68 bits per heavy atom. The molecule has 1 fully saturated rings. The first-order valence-corrected chi connectivity index (χ1v) is 9.56. The molecule has 3 nitrogen and oxygen atoms in total. The van der Waals surface area contributed by atoms with Crippen molar-refractivity contribution in [2.45, 2.75) is 71.8 Å². The van der Waals surface area contributed by atoms with E-state index in [-0.39, 0.29) is 22.7 Å². The topological polar surface area (TPSA) is 43.4 Å².